The van der Waals surface area contributed by atoms with Crippen LogP contribution in [0.4, 0.5) is 0 Å². The Hall–Kier alpha value is -1.06. The maximum absolute atomic E-state index is 9.33. The van der Waals surface area contributed by atoms with Gasteiger partial charge in [0.25, 0.3) is 0 Å². The lowest BCUT2D eigenvalue weighted by Gasteiger charge is -2.23. The van der Waals surface area contributed by atoms with E-state index in [1.54, 1.807) is 0 Å². The first-order valence-electron chi connectivity index (χ1n) is 6.36. The standard InChI is InChI=1S/C14H21NO2/c1-2-10-3-7-12(8-4-10)17-13(9-16)14(15)11-5-6-11/h3-4,7-8,11,13-14,16H,2,5-6,9,15H2,1H3. The van der Waals surface area contributed by atoms with Crippen molar-refractivity contribution in [1.82, 2.24) is 0 Å². The third-order valence-electron chi connectivity index (χ3n) is 3.39. The monoisotopic (exact) mass is 235 g/mol. The third-order valence-corrected chi connectivity index (χ3v) is 3.39. The molecule has 2 rings (SSSR count). The van der Waals surface area contributed by atoms with Gasteiger partial charge in [0.05, 0.1) is 6.61 Å². The van der Waals surface area contributed by atoms with E-state index in [0.717, 1.165) is 25.0 Å². The molecule has 1 fully saturated rings. The van der Waals surface area contributed by atoms with Gasteiger partial charge in [0.15, 0.2) is 0 Å². The molecule has 0 amide bonds. The topological polar surface area (TPSA) is 55.5 Å². The van der Waals surface area contributed by atoms with Crippen molar-refractivity contribution in [2.24, 2.45) is 11.7 Å². The fraction of sp³-hybridized carbons (Fsp3) is 0.571. The van der Waals surface area contributed by atoms with Gasteiger partial charge >= 0.3 is 0 Å². The number of ether oxygens (including phenoxy) is 1. The van der Waals surface area contributed by atoms with Crippen molar-refractivity contribution >= 4 is 0 Å². The van der Waals surface area contributed by atoms with Crippen LogP contribution in [0.2, 0.25) is 0 Å². The molecule has 2 unspecified atom stereocenters. The first kappa shape index (κ1) is 12.4. The molecule has 1 aliphatic rings. The van der Waals surface area contributed by atoms with Crippen LogP contribution in [0.3, 0.4) is 0 Å². The Morgan fingerprint density at radius 1 is 1.35 bits per heavy atom. The molecule has 1 aliphatic carbocycles. The summed E-state index contributed by atoms with van der Waals surface area (Å²) in [5.41, 5.74) is 7.33. The fourth-order valence-electron chi connectivity index (χ4n) is 2.00. The van der Waals surface area contributed by atoms with E-state index in [2.05, 4.69) is 6.92 Å². The molecule has 17 heavy (non-hydrogen) atoms. The molecule has 3 heteroatoms. The van der Waals surface area contributed by atoms with E-state index in [-0.39, 0.29) is 18.8 Å². The van der Waals surface area contributed by atoms with Gasteiger partial charge in [-0.2, -0.15) is 0 Å². The van der Waals surface area contributed by atoms with Crippen LogP contribution < -0.4 is 10.5 Å². The van der Waals surface area contributed by atoms with Crippen LogP contribution >= 0.6 is 0 Å². The Labute approximate surface area is 103 Å². The lowest BCUT2D eigenvalue weighted by molar-refractivity contribution is 0.0882. The summed E-state index contributed by atoms with van der Waals surface area (Å²) in [7, 11) is 0. The molecule has 0 radical (unpaired) electrons. The second-order valence-corrected chi connectivity index (χ2v) is 4.75. The summed E-state index contributed by atoms with van der Waals surface area (Å²) >= 11 is 0. The van der Waals surface area contributed by atoms with Gasteiger partial charge in [0, 0.05) is 6.04 Å². The molecule has 0 aromatic heterocycles. The van der Waals surface area contributed by atoms with Crippen LogP contribution in [0.1, 0.15) is 25.3 Å². The Morgan fingerprint density at radius 2 is 2.00 bits per heavy atom. The summed E-state index contributed by atoms with van der Waals surface area (Å²) in [5, 5.41) is 9.33. The minimum atomic E-state index is -0.282. The number of aryl methyl sites for hydroxylation is 1. The van der Waals surface area contributed by atoms with Gasteiger partial charge in [0.1, 0.15) is 11.9 Å². The van der Waals surface area contributed by atoms with Crippen LogP contribution in [-0.4, -0.2) is 23.9 Å². The van der Waals surface area contributed by atoms with E-state index < -0.39 is 0 Å². The second-order valence-electron chi connectivity index (χ2n) is 4.75. The molecule has 94 valence electrons. The summed E-state index contributed by atoms with van der Waals surface area (Å²) in [4.78, 5) is 0. The molecule has 3 nitrogen and oxygen atoms in total. The molecular formula is C14H21NO2. The van der Waals surface area contributed by atoms with E-state index in [4.69, 9.17) is 10.5 Å². The van der Waals surface area contributed by atoms with E-state index in [0.29, 0.717) is 5.92 Å². The molecule has 0 saturated heterocycles. The summed E-state index contributed by atoms with van der Waals surface area (Å²) in [6.07, 6.45) is 3.06. The minimum absolute atomic E-state index is 0.0206. The maximum Gasteiger partial charge on any atom is 0.137 e. The first-order valence-corrected chi connectivity index (χ1v) is 6.36. The Balaban J connectivity index is 1.96. The number of rotatable bonds is 6. The average molecular weight is 235 g/mol. The Morgan fingerprint density at radius 3 is 2.47 bits per heavy atom. The van der Waals surface area contributed by atoms with Gasteiger partial charge in [-0.05, 0) is 42.9 Å². The summed E-state index contributed by atoms with van der Waals surface area (Å²) in [5.74, 6) is 1.32. The highest BCUT2D eigenvalue weighted by molar-refractivity contribution is 5.27. The van der Waals surface area contributed by atoms with E-state index in [9.17, 15) is 5.11 Å². The Kier molecular flexibility index (Phi) is 4.02. The number of hydrogen-bond donors (Lipinski definition) is 2. The molecule has 1 saturated carbocycles. The first-order chi connectivity index (χ1) is 8.24. The third kappa shape index (κ3) is 3.20. The zero-order valence-electron chi connectivity index (χ0n) is 10.3. The zero-order valence-corrected chi connectivity index (χ0v) is 10.3. The highest BCUT2D eigenvalue weighted by Crippen LogP contribution is 2.33. The molecule has 3 N–H and O–H groups in total. The zero-order chi connectivity index (χ0) is 12.3. The van der Waals surface area contributed by atoms with Gasteiger partial charge in [-0.3, -0.25) is 0 Å². The van der Waals surface area contributed by atoms with Crippen LogP contribution in [0, 0.1) is 5.92 Å². The van der Waals surface area contributed by atoms with Crippen molar-refractivity contribution in [1.29, 1.82) is 0 Å². The number of aliphatic hydroxyl groups is 1. The van der Waals surface area contributed by atoms with E-state index in [1.807, 2.05) is 24.3 Å². The van der Waals surface area contributed by atoms with Crippen molar-refractivity contribution in [3.05, 3.63) is 29.8 Å². The van der Waals surface area contributed by atoms with Crippen molar-refractivity contribution in [2.75, 3.05) is 6.61 Å². The summed E-state index contributed by atoms with van der Waals surface area (Å²) in [6.45, 7) is 2.10. The van der Waals surface area contributed by atoms with Gasteiger partial charge < -0.3 is 15.6 Å². The molecule has 0 heterocycles. The van der Waals surface area contributed by atoms with E-state index in [1.165, 1.54) is 5.56 Å². The lowest BCUT2D eigenvalue weighted by atomic mass is 10.1. The van der Waals surface area contributed by atoms with Crippen LogP contribution in [0.15, 0.2) is 24.3 Å². The molecule has 0 bridgehead atoms. The van der Waals surface area contributed by atoms with E-state index >= 15 is 0 Å². The molecule has 1 aromatic carbocycles. The summed E-state index contributed by atoms with van der Waals surface area (Å²) < 4.78 is 5.75. The normalized spacial score (nSPS) is 18.8. The highest BCUT2D eigenvalue weighted by Gasteiger charge is 2.34. The minimum Gasteiger partial charge on any atom is -0.486 e. The van der Waals surface area contributed by atoms with Gasteiger partial charge in [0.2, 0.25) is 0 Å². The quantitative estimate of drug-likeness (QED) is 0.789. The van der Waals surface area contributed by atoms with Gasteiger partial charge in [-0.25, -0.2) is 0 Å². The molecule has 0 aliphatic heterocycles. The Bertz CT molecular complexity index is 346. The molecule has 2 atom stereocenters. The van der Waals surface area contributed by atoms with Crippen LogP contribution in [0.25, 0.3) is 0 Å². The van der Waals surface area contributed by atoms with Crippen molar-refractivity contribution in [2.45, 2.75) is 38.3 Å². The summed E-state index contributed by atoms with van der Waals surface area (Å²) in [6, 6.07) is 7.94. The second kappa shape index (κ2) is 5.52. The lowest BCUT2D eigenvalue weighted by Crippen LogP contribution is -2.43. The van der Waals surface area contributed by atoms with Crippen LogP contribution in [0.5, 0.6) is 5.75 Å². The smallest absolute Gasteiger partial charge is 0.137 e. The number of hydrogen-bond acceptors (Lipinski definition) is 3. The average Bonchev–Trinajstić information content (AvgIpc) is 3.20. The van der Waals surface area contributed by atoms with Crippen LogP contribution in [-0.2, 0) is 6.42 Å². The predicted octanol–water partition coefficient (Wildman–Crippen LogP) is 1.73. The predicted molar refractivity (Wildman–Crippen MR) is 68.0 cm³/mol. The van der Waals surface area contributed by atoms with Crippen molar-refractivity contribution < 1.29 is 9.84 Å². The molecule has 0 spiro atoms. The number of nitrogens with two attached hydrogens (primary N) is 1. The highest BCUT2D eigenvalue weighted by atomic mass is 16.5. The van der Waals surface area contributed by atoms with Crippen molar-refractivity contribution in [3.8, 4) is 5.75 Å². The van der Waals surface area contributed by atoms with Gasteiger partial charge in [-0.1, -0.05) is 19.1 Å². The number of aliphatic hydroxyl groups excluding tert-OH is 1. The van der Waals surface area contributed by atoms with Crippen molar-refractivity contribution in [3.63, 3.8) is 0 Å². The maximum atomic E-state index is 9.33. The SMILES string of the molecule is CCc1ccc(OC(CO)C(N)C2CC2)cc1. The number of benzene rings is 1. The van der Waals surface area contributed by atoms with Gasteiger partial charge in [-0.15, -0.1) is 0 Å². The molecule has 1 aromatic rings. The largest absolute Gasteiger partial charge is 0.486 e. The fourth-order valence-corrected chi connectivity index (χ4v) is 2.00. The molecular weight excluding hydrogens is 214 g/mol.